The van der Waals surface area contributed by atoms with Crippen LogP contribution in [0.1, 0.15) is 11.5 Å². The van der Waals surface area contributed by atoms with E-state index >= 15 is 0 Å². The zero-order valence-corrected chi connectivity index (χ0v) is 15.2. The van der Waals surface area contributed by atoms with Gasteiger partial charge in [-0.05, 0) is 26.1 Å². The third-order valence-corrected chi connectivity index (χ3v) is 3.36. The Bertz CT molecular complexity index is 603. The molecule has 1 amide bonds. The first kappa shape index (κ1) is 21.4. The summed E-state index contributed by atoms with van der Waals surface area (Å²) in [5.74, 6) is 1.30. The van der Waals surface area contributed by atoms with Gasteiger partial charge in [0.15, 0.2) is 0 Å². The van der Waals surface area contributed by atoms with Crippen molar-refractivity contribution in [2.45, 2.75) is 13.3 Å². The molecule has 0 spiro atoms. The molecule has 0 bridgehead atoms. The van der Waals surface area contributed by atoms with Gasteiger partial charge in [-0.3, -0.25) is 4.79 Å². The van der Waals surface area contributed by atoms with Gasteiger partial charge < -0.3 is 14.6 Å². The van der Waals surface area contributed by atoms with Crippen molar-refractivity contribution in [3.05, 3.63) is 41.8 Å². The van der Waals surface area contributed by atoms with Gasteiger partial charge in [-0.1, -0.05) is 18.2 Å². The van der Waals surface area contributed by atoms with Gasteiger partial charge in [0.25, 0.3) is 0 Å². The largest absolute Gasteiger partial charge is 0.441 e. The predicted molar refractivity (Wildman–Crippen MR) is 96.4 cm³/mol. The minimum atomic E-state index is 0. The van der Waals surface area contributed by atoms with Crippen molar-refractivity contribution in [2.24, 2.45) is 0 Å². The molecule has 2 aromatic rings. The first-order valence-corrected chi connectivity index (χ1v) is 7.02. The number of benzene rings is 1. The molecule has 0 radical (unpaired) electrons. The van der Waals surface area contributed by atoms with E-state index in [1.165, 1.54) is 0 Å². The molecule has 1 aromatic carbocycles. The minimum absolute atomic E-state index is 0. The van der Waals surface area contributed by atoms with Crippen LogP contribution in [0.4, 0.5) is 0 Å². The number of oxazole rings is 1. The molecule has 1 heterocycles. The highest BCUT2D eigenvalue weighted by atomic mass is 35.5. The quantitative estimate of drug-likeness (QED) is 0.861. The fraction of sp³-hybridized carbons (Fsp3) is 0.375. The lowest BCUT2D eigenvalue weighted by Gasteiger charge is -2.16. The smallest absolute Gasteiger partial charge is 0.228 e. The van der Waals surface area contributed by atoms with E-state index < -0.39 is 0 Å². The van der Waals surface area contributed by atoms with E-state index in [1.807, 2.05) is 44.3 Å². The van der Waals surface area contributed by atoms with Crippen LogP contribution in [0.5, 0.6) is 0 Å². The molecule has 7 heteroatoms. The molecule has 128 valence electrons. The number of likely N-dealkylation sites (N-methyl/N-ethyl adjacent to an activating group) is 2. The Labute approximate surface area is 149 Å². The normalized spacial score (nSPS) is 9.70. The summed E-state index contributed by atoms with van der Waals surface area (Å²) < 4.78 is 5.67. The molecule has 0 unspecified atom stereocenters. The zero-order valence-electron chi connectivity index (χ0n) is 13.5. The molecule has 0 aliphatic heterocycles. The van der Waals surface area contributed by atoms with Crippen LogP contribution in [-0.2, 0) is 11.2 Å². The van der Waals surface area contributed by atoms with Crippen molar-refractivity contribution in [2.75, 3.05) is 27.2 Å². The van der Waals surface area contributed by atoms with E-state index in [0.29, 0.717) is 23.9 Å². The molecule has 0 atom stereocenters. The average Bonchev–Trinajstić information content (AvgIpc) is 2.86. The number of hydrogen-bond acceptors (Lipinski definition) is 4. The summed E-state index contributed by atoms with van der Waals surface area (Å²) in [7, 11) is 3.67. The Balaban J connectivity index is 0.00000242. The zero-order chi connectivity index (χ0) is 15.2. The molecular formula is C16H23Cl2N3O2. The summed E-state index contributed by atoms with van der Waals surface area (Å²) in [6, 6.07) is 9.70. The topological polar surface area (TPSA) is 58.4 Å². The molecule has 23 heavy (non-hydrogen) atoms. The second-order valence-corrected chi connectivity index (χ2v) is 4.98. The van der Waals surface area contributed by atoms with Gasteiger partial charge in [-0.15, -0.1) is 24.8 Å². The molecule has 0 fully saturated rings. The maximum absolute atomic E-state index is 12.1. The number of aryl methyl sites for hydroxylation is 1. The maximum Gasteiger partial charge on any atom is 0.228 e. The highest BCUT2D eigenvalue weighted by molar-refractivity contribution is 5.85. The number of nitrogens with one attached hydrogen (secondary N) is 1. The molecule has 5 nitrogen and oxygen atoms in total. The van der Waals surface area contributed by atoms with Crippen LogP contribution in [0, 0.1) is 6.92 Å². The summed E-state index contributed by atoms with van der Waals surface area (Å²) in [6.45, 7) is 3.29. The van der Waals surface area contributed by atoms with Crippen molar-refractivity contribution in [3.63, 3.8) is 0 Å². The lowest BCUT2D eigenvalue weighted by molar-refractivity contribution is -0.129. The molecule has 0 saturated carbocycles. The van der Waals surface area contributed by atoms with E-state index in [0.717, 1.165) is 12.1 Å². The molecule has 0 saturated heterocycles. The van der Waals surface area contributed by atoms with E-state index in [9.17, 15) is 4.79 Å². The van der Waals surface area contributed by atoms with Crippen molar-refractivity contribution in [1.82, 2.24) is 15.2 Å². The number of carbonyl (C=O) groups excluding carboxylic acids is 1. The second-order valence-electron chi connectivity index (χ2n) is 4.98. The summed E-state index contributed by atoms with van der Waals surface area (Å²) >= 11 is 0. The van der Waals surface area contributed by atoms with Crippen molar-refractivity contribution >= 4 is 30.7 Å². The number of carbonyl (C=O) groups is 1. The Morgan fingerprint density at radius 2 is 1.91 bits per heavy atom. The maximum atomic E-state index is 12.1. The number of halogens is 2. The Kier molecular flexibility index (Phi) is 9.56. The van der Waals surface area contributed by atoms with Crippen LogP contribution in [0.15, 0.2) is 34.7 Å². The highest BCUT2D eigenvalue weighted by Crippen LogP contribution is 2.21. The molecule has 0 aliphatic carbocycles. The van der Waals surface area contributed by atoms with Crippen LogP contribution in [-0.4, -0.2) is 43.0 Å². The lowest BCUT2D eigenvalue weighted by atomic mass is 10.2. The van der Waals surface area contributed by atoms with Gasteiger partial charge in [0.05, 0.1) is 12.1 Å². The fourth-order valence-corrected chi connectivity index (χ4v) is 1.98. The van der Waals surface area contributed by atoms with Crippen molar-refractivity contribution in [3.8, 4) is 11.5 Å². The van der Waals surface area contributed by atoms with Gasteiger partial charge in [0.2, 0.25) is 11.8 Å². The van der Waals surface area contributed by atoms with Crippen LogP contribution >= 0.6 is 24.8 Å². The second kappa shape index (κ2) is 10.3. The summed E-state index contributed by atoms with van der Waals surface area (Å²) in [6.07, 6.45) is 0.266. The SMILES string of the molecule is CNCCN(C)C(=O)Cc1nc(-c2ccccc2)oc1C.Cl.Cl. The van der Waals surface area contributed by atoms with Crippen LogP contribution in [0.3, 0.4) is 0 Å². The predicted octanol–water partition coefficient (Wildman–Crippen LogP) is 2.71. The molecule has 1 aromatic heterocycles. The third-order valence-electron chi connectivity index (χ3n) is 3.36. The standard InChI is InChI=1S/C16H21N3O2.2ClH/c1-12-14(11-15(20)19(3)10-9-17-2)18-16(21-12)13-7-5-4-6-8-13;;/h4-8,17H,9-11H2,1-3H3;2*1H. The van der Waals surface area contributed by atoms with E-state index in [-0.39, 0.29) is 37.1 Å². The Morgan fingerprint density at radius 3 is 2.52 bits per heavy atom. The number of nitrogens with zero attached hydrogens (tertiary/aromatic N) is 2. The monoisotopic (exact) mass is 359 g/mol. The van der Waals surface area contributed by atoms with E-state index in [2.05, 4.69) is 10.3 Å². The van der Waals surface area contributed by atoms with E-state index in [1.54, 1.807) is 11.9 Å². The average molecular weight is 360 g/mol. The third kappa shape index (κ3) is 5.86. The van der Waals surface area contributed by atoms with Crippen LogP contribution in [0.25, 0.3) is 11.5 Å². The van der Waals surface area contributed by atoms with Crippen LogP contribution < -0.4 is 5.32 Å². The number of amides is 1. The molecule has 1 N–H and O–H groups in total. The summed E-state index contributed by atoms with van der Waals surface area (Å²) in [5.41, 5.74) is 1.62. The Hall–Kier alpha value is -1.56. The summed E-state index contributed by atoms with van der Waals surface area (Å²) in [5, 5.41) is 3.03. The summed E-state index contributed by atoms with van der Waals surface area (Å²) in [4.78, 5) is 18.3. The highest BCUT2D eigenvalue weighted by Gasteiger charge is 2.16. The van der Waals surface area contributed by atoms with Crippen molar-refractivity contribution < 1.29 is 9.21 Å². The van der Waals surface area contributed by atoms with Gasteiger partial charge in [0.1, 0.15) is 5.76 Å². The minimum Gasteiger partial charge on any atom is -0.441 e. The van der Waals surface area contributed by atoms with Crippen LogP contribution in [0.2, 0.25) is 0 Å². The van der Waals surface area contributed by atoms with E-state index in [4.69, 9.17) is 4.42 Å². The Morgan fingerprint density at radius 1 is 1.26 bits per heavy atom. The van der Waals surface area contributed by atoms with Gasteiger partial charge in [-0.2, -0.15) is 0 Å². The number of hydrogen-bond donors (Lipinski definition) is 1. The fourth-order valence-electron chi connectivity index (χ4n) is 1.98. The molecule has 2 rings (SSSR count). The molecular weight excluding hydrogens is 337 g/mol. The van der Waals surface area contributed by atoms with Crippen molar-refractivity contribution in [1.29, 1.82) is 0 Å². The van der Waals surface area contributed by atoms with Gasteiger partial charge in [-0.25, -0.2) is 4.98 Å². The first-order valence-electron chi connectivity index (χ1n) is 7.02. The van der Waals surface area contributed by atoms with Gasteiger partial charge in [0, 0.05) is 25.7 Å². The first-order chi connectivity index (χ1) is 10.1. The van der Waals surface area contributed by atoms with Gasteiger partial charge >= 0.3 is 0 Å². The molecule has 0 aliphatic rings. The lowest BCUT2D eigenvalue weighted by Crippen LogP contribution is -2.33. The number of rotatable bonds is 6. The number of aromatic nitrogens is 1.